The third-order valence-electron chi connectivity index (χ3n) is 7.54. The average molecular weight is 754 g/mol. The summed E-state index contributed by atoms with van der Waals surface area (Å²) in [5.41, 5.74) is 5.70. The molecule has 0 aliphatic heterocycles. The van der Waals surface area contributed by atoms with Crippen LogP contribution in [-0.2, 0) is 17.1 Å². The first kappa shape index (κ1) is 36.5. The number of azo groups is 2. The zero-order chi connectivity index (χ0) is 35.2. The summed E-state index contributed by atoms with van der Waals surface area (Å²) in [6.07, 6.45) is 1.32. The standard InChI is InChI=1S/C36H32ClN9O4.Cu/c1-20-11-21(2)28-10-7-25(14-23(28)12-20)43-45-30-16-31(47)29(17-33(30)49-4)44-46-34-22(3)13-26(15-32(34)48)40-19-50-27-8-5-24(6-9-27)41-36-39-18-38-35(37)42-36;/h5-18,40,47-48H,19H2,1-4H3,(H,38,39,41,42);. The molecule has 15 heteroatoms. The number of aryl methyl sites for hydroxylation is 3. The first-order valence-electron chi connectivity index (χ1n) is 15.3. The molecule has 0 aliphatic rings. The molecule has 0 amide bonds. The van der Waals surface area contributed by atoms with E-state index in [9.17, 15) is 10.2 Å². The first-order valence-corrected chi connectivity index (χ1v) is 15.7. The van der Waals surface area contributed by atoms with E-state index < -0.39 is 0 Å². The van der Waals surface area contributed by atoms with Gasteiger partial charge in [0.2, 0.25) is 11.2 Å². The van der Waals surface area contributed by atoms with Gasteiger partial charge in [0, 0.05) is 46.6 Å². The Balaban J connectivity index is 0.00000504. The maximum Gasteiger partial charge on any atom is 0.231 e. The van der Waals surface area contributed by atoms with Crippen LogP contribution in [0.1, 0.15) is 16.7 Å². The molecule has 0 aliphatic carbocycles. The van der Waals surface area contributed by atoms with Crippen LogP contribution < -0.4 is 20.1 Å². The average Bonchev–Trinajstić information content (AvgIpc) is 3.08. The van der Waals surface area contributed by atoms with Crippen LogP contribution >= 0.6 is 11.6 Å². The molecule has 0 atom stereocenters. The number of fused-ring (bicyclic) bond motifs is 1. The van der Waals surface area contributed by atoms with Gasteiger partial charge in [-0.2, -0.15) is 10.1 Å². The minimum absolute atomic E-state index is 0. The number of nitrogens with zero attached hydrogens (tertiary/aromatic N) is 7. The summed E-state index contributed by atoms with van der Waals surface area (Å²) >= 11 is 5.80. The van der Waals surface area contributed by atoms with Crippen molar-refractivity contribution in [2.24, 2.45) is 20.5 Å². The number of aromatic nitrogens is 3. The molecule has 0 bridgehead atoms. The Morgan fingerprint density at radius 3 is 2.29 bits per heavy atom. The van der Waals surface area contributed by atoms with E-state index in [4.69, 9.17) is 21.1 Å². The normalized spacial score (nSPS) is 11.2. The number of nitrogens with one attached hydrogen (secondary N) is 2. The van der Waals surface area contributed by atoms with E-state index in [2.05, 4.69) is 72.0 Å². The second kappa shape index (κ2) is 16.3. The molecule has 13 nitrogen and oxygen atoms in total. The first-order chi connectivity index (χ1) is 24.1. The predicted molar refractivity (Wildman–Crippen MR) is 193 cm³/mol. The largest absolute Gasteiger partial charge is 0.506 e. The van der Waals surface area contributed by atoms with Crippen LogP contribution in [0.4, 0.5) is 40.1 Å². The van der Waals surface area contributed by atoms with Gasteiger partial charge < -0.3 is 30.3 Å². The van der Waals surface area contributed by atoms with Gasteiger partial charge in [-0.1, -0.05) is 23.8 Å². The number of methoxy groups -OCH3 is 1. The van der Waals surface area contributed by atoms with E-state index in [-0.39, 0.29) is 52.0 Å². The van der Waals surface area contributed by atoms with E-state index in [0.717, 1.165) is 16.5 Å². The molecule has 0 saturated carbocycles. The number of anilines is 3. The Morgan fingerprint density at radius 1 is 0.765 bits per heavy atom. The van der Waals surface area contributed by atoms with Crippen LogP contribution in [0, 0.1) is 20.8 Å². The molecular weight excluding hydrogens is 721 g/mol. The SMILES string of the molecule is COc1cc(N=Nc2c(C)cc(NCOc3ccc(Nc4ncnc(Cl)n4)cc3)cc2O)c(O)cc1N=Nc1ccc2c(C)cc(C)cc2c1.[Cu]. The quantitative estimate of drug-likeness (QED) is 0.0571. The Labute approximate surface area is 309 Å². The summed E-state index contributed by atoms with van der Waals surface area (Å²) < 4.78 is 11.3. The van der Waals surface area contributed by atoms with Gasteiger partial charge in [0.25, 0.3) is 0 Å². The number of phenolic OH excluding ortho intramolecular Hbond substituents is 2. The van der Waals surface area contributed by atoms with E-state index in [1.54, 1.807) is 37.3 Å². The fourth-order valence-electron chi connectivity index (χ4n) is 5.18. The zero-order valence-corrected chi connectivity index (χ0v) is 29.5. The van der Waals surface area contributed by atoms with Crippen LogP contribution in [0.15, 0.2) is 106 Å². The number of aromatic hydroxyl groups is 2. The molecule has 5 aromatic carbocycles. The van der Waals surface area contributed by atoms with E-state index in [1.165, 1.54) is 42.8 Å². The zero-order valence-electron chi connectivity index (χ0n) is 27.8. The Bertz CT molecular complexity index is 2230. The van der Waals surface area contributed by atoms with Crippen LogP contribution in [0.3, 0.4) is 0 Å². The maximum atomic E-state index is 10.7. The minimum atomic E-state index is -0.181. The van der Waals surface area contributed by atoms with Crippen LogP contribution in [0.2, 0.25) is 5.28 Å². The monoisotopic (exact) mass is 752 g/mol. The molecule has 0 saturated heterocycles. The molecule has 6 rings (SSSR count). The third-order valence-corrected chi connectivity index (χ3v) is 7.72. The van der Waals surface area contributed by atoms with Crippen molar-refractivity contribution >= 4 is 62.4 Å². The van der Waals surface area contributed by atoms with Crippen molar-refractivity contribution in [1.29, 1.82) is 0 Å². The fourth-order valence-corrected chi connectivity index (χ4v) is 5.30. The summed E-state index contributed by atoms with van der Waals surface area (Å²) in [6, 6.07) is 23.5. The van der Waals surface area contributed by atoms with Crippen molar-refractivity contribution in [2.75, 3.05) is 24.5 Å². The van der Waals surface area contributed by atoms with E-state index >= 15 is 0 Å². The van der Waals surface area contributed by atoms with Crippen molar-refractivity contribution in [3.63, 3.8) is 0 Å². The molecule has 1 heterocycles. The number of hydrogen-bond acceptors (Lipinski definition) is 13. The number of benzene rings is 5. The summed E-state index contributed by atoms with van der Waals surface area (Å²) in [5, 5.41) is 47.0. The van der Waals surface area contributed by atoms with Gasteiger partial charge in [-0.05, 0) is 96.7 Å². The Kier molecular flexibility index (Phi) is 11.6. The summed E-state index contributed by atoms with van der Waals surface area (Å²) in [5.74, 6) is 0.994. The molecule has 0 spiro atoms. The summed E-state index contributed by atoms with van der Waals surface area (Å²) in [4.78, 5) is 11.8. The molecule has 4 N–H and O–H groups in total. The topological polar surface area (TPSA) is 171 Å². The van der Waals surface area contributed by atoms with Crippen molar-refractivity contribution in [1.82, 2.24) is 15.0 Å². The van der Waals surface area contributed by atoms with Gasteiger partial charge in [-0.3, -0.25) is 0 Å². The van der Waals surface area contributed by atoms with Crippen molar-refractivity contribution < 1.29 is 36.8 Å². The summed E-state index contributed by atoms with van der Waals surface area (Å²) in [6.45, 7) is 6.05. The van der Waals surface area contributed by atoms with Crippen LogP contribution in [-0.4, -0.2) is 39.0 Å². The van der Waals surface area contributed by atoms with Crippen LogP contribution in [0.5, 0.6) is 23.0 Å². The van der Waals surface area contributed by atoms with E-state index in [0.29, 0.717) is 40.1 Å². The van der Waals surface area contributed by atoms with E-state index in [1.807, 2.05) is 18.2 Å². The van der Waals surface area contributed by atoms with Gasteiger partial charge in [0.05, 0.1) is 12.8 Å². The Hall–Kier alpha value is -5.82. The third kappa shape index (κ3) is 9.05. The van der Waals surface area contributed by atoms with Crippen molar-refractivity contribution in [2.45, 2.75) is 20.8 Å². The smallest absolute Gasteiger partial charge is 0.231 e. The molecule has 1 aromatic heterocycles. The van der Waals surface area contributed by atoms with Gasteiger partial charge in [-0.25, -0.2) is 9.97 Å². The number of ether oxygens (including phenoxy) is 2. The summed E-state index contributed by atoms with van der Waals surface area (Å²) in [7, 11) is 1.49. The fraction of sp³-hybridized carbons (Fsp3) is 0.139. The maximum absolute atomic E-state index is 10.7. The Morgan fingerprint density at radius 2 is 1.55 bits per heavy atom. The van der Waals surface area contributed by atoms with Gasteiger partial charge >= 0.3 is 0 Å². The van der Waals surface area contributed by atoms with Gasteiger partial charge in [0.1, 0.15) is 46.4 Å². The number of hydrogen-bond donors (Lipinski definition) is 4. The number of halogens is 1. The van der Waals surface area contributed by atoms with Gasteiger partial charge in [-0.15, -0.1) is 15.3 Å². The molecule has 263 valence electrons. The molecule has 6 aromatic rings. The number of rotatable bonds is 11. The van der Waals surface area contributed by atoms with Crippen LogP contribution in [0.25, 0.3) is 10.8 Å². The molecule has 0 fully saturated rings. The second-order valence-electron chi connectivity index (χ2n) is 11.3. The predicted octanol–water partition coefficient (Wildman–Crippen LogP) is 10.0. The van der Waals surface area contributed by atoms with Gasteiger partial charge in [0.15, 0.2) is 6.73 Å². The number of phenols is 2. The molecule has 1 radical (unpaired) electrons. The molecule has 0 unspecified atom stereocenters. The van der Waals surface area contributed by atoms with Crippen molar-refractivity contribution in [3.8, 4) is 23.0 Å². The minimum Gasteiger partial charge on any atom is -0.506 e. The molecule has 51 heavy (non-hydrogen) atoms. The molecular formula is C36H32ClCuN9O4. The second-order valence-corrected chi connectivity index (χ2v) is 11.6. The van der Waals surface area contributed by atoms with Crippen molar-refractivity contribution in [3.05, 3.63) is 107 Å².